The van der Waals surface area contributed by atoms with Crippen LogP contribution in [0.1, 0.15) is 43.0 Å². The molecule has 0 radical (unpaired) electrons. The summed E-state index contributed by atoms with van der Waals surface area (Å²) in [6.07, 6.45) is 1.38. The Morgan fingerprint density at radius 1 is 1.12 bits per heavy atom. The first-order valence-electron chi connectivity index (χ1n) is 13.7. The maximum Gasteiger partial charge on any atom is 0.471 e. The summed E-state index contributed by atoms with van der Waals surface area (Å²) in [6.45, 7) is 3.78. The van der Waals surface area contributed by atoms with Gasteiger partial charge in [-0.3, -0.25) is 9.69 Å². The number of amides is 1. The van der Waals surface area contributed by atoms with Gasteiger partial charge in [0.1, 0.15) is 23.9 Å². The molecule has 11 heteroatoms. The van der Waals surface area contributed by atoms with E-state index in [1.807, 2.05) is 35.0 Å². The van der Waals surface area contributed by atoms with E-state index in [1.165, 1.54) is 12.4 Å². The van der Waals surface area contributed by atoms with Crippen molar-refractivity contribution in [3.8, 4) is 0 Å². The molecule has 2 saturated carbocycles. The molecule has 1 amide bonds. The van der Waals surface area contributed by atoms with Gasteiger partial charge in [-0.15, -0.1) is 0 Å². The van der Waals surface area contributed by atoms with Gasteiger partial charge in [0.2, 0.25) is 0 Å². The van der Waals surface area contributed by atoms with E-state index in [1.54, 1.807) is 12.1 Å². The van der Waals surface area contributed by atoms with Crippen LogP contribution in [-0.2, 0) is 11.2 Å². The van der Waals surface area contributed by atoms with Crippen molar-refractivity contribution in [1.29, 1.82) is 0 Å². The van der Waals surface area contributed by atoms with E-state index in [2.05, 4.69) is 21.5 Å². The maximum absolute atomic E-state index is 13.3. The fourth-order valence-corrected chi connectivity index (χ4v) is 5.89. The molecule has 6 rings (SSSR count). The lowest BCUT2D eigenvalue weighted by atomic mass is 9.95. The molecule has 0 aliphatic heterocycles. The summed E-state index contributed by atoms with van der Waals surface area (Å²) in [6, 6.07) is 10.2. The van der Waals surface area contributed by atoms with Crippen LogP contribution in [0.25, 0.3) is 28.0 Å². The smallest absolute Gasteiger partial charge is 0.390 e. The van der Waals surface area contributed by atoms with Crippen molar-refractivity contribution in [1.82, 2.24) is 19.5 Å². The number of aliphatic hydroxyl groups excluding tert-OH is 2. The highest BCUT2D eigenvalue weighted by atomic mass is 19.4. The molecule has 4 aromatic rings. The summed E-state index contributed by atoms with van der Waals surface area (Å²) < 4.78 is 41.8. The van der Waals surface area contributed by atoms with Gasteiger partial charge in [-0.2, -0.15) is 13.2 Å². The van der Waals surface area contributed by atoms with Crippen LogP contribution < -0.4 is 4.90 Å². The average Bonchev–Trinajstić information content (AvgIpc) is 3.62. The molecule has 3 aromatic heterocycles. The summed E-state index contributed by atoms with van der Waals surface area (Å²) in [7, 11) is 0. The minimum Gasteiger partial charge on any atom is -0.390 e. The molecule has 2 aliphatic carbocycles. The second-order valence-electron chi connectivity index (χ2n) is 11.1. The third-order valence-electron chi connectivity index (χ3n) is 8.31. The molecular formula is C30H30F3N5O3. The minimum atomic E-state index is -4.98. The van der Waals surface area contributed by atoms with E-state index in [0.29, 0.717) is 36.1 Å². The minimum absolute atomic E-state index is 0.00276. The lowest BCUT2D eigenvalue weighted by molar-refractivity contribution is -0.170. The Labute approximate surface area is 234 Å². The molecule has 2 aliphatic rings. The van der Waals surface area contributed by atoms with Crippen molar-refractivity contribution in [2.75, 3.05) is 11.4 Å². The number of benzene rings is 1. The summed E-state index contributed by atoms with van der Waals surface area (Å²) in [5.41, 5.74) is 2.77. The molecule has 0 unspecified atom stereocenters. The van der Waals surface area contributed by atoms with E-state index in [9.17, 15) is 28.2 Å². The van der Waals surface area contributed by atoms with Crippen molar-refractivity contribution in [2.45, 2.75) is 56.5 Å². The van der Waals surface area contributed by atoms with Crippen LogP contribution in [-0.4, -0.2) is 60.6 Å². The normalized spacial score (nSPS) is 22.9. The number of aryl methyl sites for hydroxylation is 1. The number of aromatic nitrogens is 4. The maximum atomic E-state index is 13.3. The second kappa shape index (κ2) is 10.5. The fourth-order valence-electron chi connectivity index (χ4n) is 5.89. The van der Waals surface area contributed by atoms with Gasteiger partial charge in [0, 0.05) is 23.5 Å². The molecular weight excluding hydrogens is 535 g/mol. The van der Waals surface area contributed by atoms with Gasteiger partial charge in [0.05, 0.1) is 23.4 Å². The monoisotopic (exact) mass is 565 g/mol. The number of halogens is 3. The summed E-state index contributed by atoms with van der Waals surface area (Å²) in [4.78, 5) is 25.9. The van der Waals surface area contributed by atoms with Gasteiger partial charge >= 0.3 is 12.1 Å². The van der Waals surface area contributed by atoms with Gasteiger partial charge in [-0.1, -0.05) is 18.7 Å². The molecule has 8 nitrogen and oxygen atoms in total. The zero-order chi connectivity index (χ0) is 28.9. The number of anilines is 1. The Kier molecular flexibility index (Phi) is 7.03. The number of carbonyl (C=O) groups excluding carboxylic acids is 1. The van der Waals surface area contributed by atoms with E-state index in [4.69, 9.17) is 0 Å². The molecule has 1 aromatic carbocycles. The zero-order valence-electron chi connectivity index (χ0n) is 22.2. The first kappa shape index (κ1) is 27.3. The average molecular weight is 566 g/mol. The highest BCUT2D eigenvalue weighted by molar-refractivity contribution is 5.97. The SMILES string of the molecule is C=Cc1ncnc2c1ccn2[C@@H]1C[C@H](CCc2ccc3ccc(N(CC4CC4)C(=O)C(F)(F)F)nc3c2)[C@@H](O)[C@H]1O. The number of fused-ring (bicyclic) bond motifs is 2. The molecule has 3 heterocycles. The molecule has 2 N–H and O–H groups in total. The van der Waals surface area contributed by atoms with E-state index in [0.717, 1.165) is 34.1 Å². The largest absolute Gasteiger partial charge is 0.471 e. The Hall–Kier alpha value is -3.83. The van der Waals surface area contributed by atoms with Crippen LogP contribution in [0.5, 0.6) is 0 Å². The van der Waals surface area contributed by atoms with Crippen LogP contribution in [0.3, 0.4) is 0 Å². The predicted octanol–water partition coefficient (Wildman–Crippen LogP) is 4.84. The zero-order valence-corrected chi connectivity index (χ0v) is 22.2. The van der Waals surface area contributed by atoms with Crippen molar-refractivity contribution >= 4 is 39.7 Å². The number of pyridine rings is 1. The summed E-state index contributed by atoms with van der Waals surface area (Å²) in [5, 5.41) is 23.4. The van der Waals surface area contributed by atoms with Crippen LogP contribution in [0.15, 0.2) is 55.5 Å². The molecule has 214 valence electrons. The number of aliphatic hydroxyl groups is 2. The Morgan fingerprint density at radius 3 is 2.63 bits per heavy atom. The highest BCUT2D eigenvalue weighted by Gasteiger charge is 2.45. The van der Waals surface area contributed by atoms with Gasteiger partial charge in [-0.05, 0) is 79.8 Å². The lowest BCUT2D eigenvalue weighted by Crippen LogP contribution is -2.42. The lowest BCUT2D eigenvalue weighted by Gasteiger charge is -2.23. The molecule has 2 fully saturated rings. The van der Waals surface area contributed by atoms with Crippen molar-refractivity contribution in [3.05, 3.63) is 66.8 Å². The first-order chi connectivity index (χ1) is 19.6. The molecule has 0 spiro atoms. The number of alkyl halides is 3. The third kappa shape index (κ3) is 5.31. The van der Waals surface area contributed by atoms with E-state index >= 15 is 0 Å². The number of rotatable bonds is 8. The standard InChI is InChI=1S/C30H30F3N5O3/c1-2-22-21-11-12-37(28(21)35-16-34-22)24-14-20(26(39)27(24)40)8-6-17-5-7-19-9-10-25(36-23(19)13-17)38(15-18-3-4-18)29(41)30(31,32)33/h2,5,7,9-13,16,18,20,24,26-27,39-40H,1,3-4,6,8,14-15H2/t20-,24+,26+,27-/m0/s1. The van der Waals surface area contributed by atoms with Gasteiger partial charge < -0.3 is 14.8 Å². The molecule has 0 saturated heterocycles. The number of carbonyl (C=O) groups is 1. The van der Waals surface area contributed by atoms with Gasteiger partial charge in [0.15, 0.2) is 0 Å². The third-order valence-corrected chi connectivity index (χ3v) is 8.31. The first-order valence-corrected chi connectivity index (χ1v) is 13.7. The molecule has 0 bridgehead atoms. The van der Waals surface area contributed by atoms with Gasteiger partial charge in [-0.25, -0.2) is 15.0 Å². The van der Waals surface area contributed by atoms with Crippen LogP contribution in [0, 0.1) is 11.8 Å². The highest BCUT2D eigenvalue weighted by Crippen LogP contribution is 2.40. The number of hydrogen-bond donors (Lipinski definition) is 2. The summed E-state index contributed by atoms with van der Waals surface area (Å²) >= 11 is 0. The fraction of sp³-hybridized carbons (Fsp3) is 0.400. The Morgan fingerprint density at radius 2 is 1.90 bits per heavy atom. The second-order valence-corrected chi connectivity index (χ2v) is 11.1. The van der Waals surface area contributed by atoms with Crippen molar-refractivity contribution < 1.29 is 28.2 Å². The molecule has 4 atom stereocenters. The number of hydrogen-bond acceptors (Lipinski definition) is 6. The Balaban J connectivity index is 1.19. The van der Waals surface area contributed by atoms with Crippen molar-refractivity contribution in [2.24, 2.45) is 11.8 Å². The van der Waals surface area contributed by atoms with Gasteiger partial charge in [0.25, 0.3) is 0 Å². The van der Waals surface area contributed by atoms with Crippen molar-refractivity contribution in [3.63, 3.8) is 0 Å². The Bertz CT molecular complexity index is 1620. The summed E-state index contributed by atoms with van der Waals surface area (Å²) in [5.74, 6) is -2.04. The van der Waals surface area contributed by atoms with E-state index < -0.39 is 24.3 Å². The van der Waals surface area contributed by atoms with E-state index in [-0.39, 0.29) is 30.2 Å². The van der Waals surface area contributed by atoms with Crippen LogP contribution in [0.2, 0.25) is 0 Å². The quantitative estimate of drug-likeness (QED) is 0.317. The predicted molar refractivity (Wildman–Crippen MR) is 148 cm³/mol. The van der Waals surface area contributed by atoms with Crippen LogP contribution >= 0.6 is 0 Å². The van der Waals surface area contributed by atoms with Crippen LogP contribution in [0.4, 0.5) is 19.0 Å². The topological polar surface area (TPSA) is 104 Å². The molecule has 41 heavy (non-hydrogen) atoms. The number of nitrogens with zero attached hydrogens (tertiary/aromatic N) is 5.